The molecule has 1 saturated carbocycles. The Labute approximate surface area is 91.5 Å². The Balaban J connectivity index is 1.70. The summed E-state index contributed by atoms with van der Waals surface area (Å²) in [6, 6.07) is 0.398. The van der Waals surface area contributed by atoms with Crippen LogP contribution in [0.2, 0.25) is 0 Å². The molecule has 0 radical (unpaired) electrons. The van der Waals surface area contributed by atoms with E-state index in [9.17, 15) is 0 Å². The maximum Gasteiger partial charge on any atom is 0.191 e. The lowest BCUT2D eigenvalue weighted by Gasteiger charge is -2.37. The topological polar surface area (TPSA) is 50.9 Å². The van der Waals surface area contributed by atoms with E-state index in [1.165, 1.54) is 6.42 Å². The molecule has 4 nitrogen and oxygen atoms in total. The highest BCUT2D eigenvalue weighted by Crippen LogP contribution is 2.27. The lowest BCUT2D eigenvalue weighted by Crippen LogP contribution is -2.48. The highest BCUT2D eigenvalue weighted by atomic mass is 16.5. The van der Waals surface area contributed by atoms with Crippen molar-refractivity contribution in [1.29, 1.82) is 0 Å². The lowest BCUT2D eigenvalue weighted by atomic mass is 9.89. The van der Waals surface area contributed by atoms with Gasteiger partial charge in [0.15, 0.2) is 5.96 Å². The van der Waals surface area contributed by atoms with Gasteiger partial charge in [0, 0.05) is 13.1 Å². The zero-order valence-electron chi connectivity index (χ0n) is 9.65. The highest BCUT2D eigenvalue weighted by Gasteiger charge is 2.31. The van der Waals surface area contributed by atoms with Gasteiger partial charge in [-0.15, -0.1) is 0 Å². The molecule has 0 unspecified atom stereocenters. The fraction of sp³-hybridized carbons (Fsp3) is 0.909. The first-order chi connectivity index (χ1) is 7.15. The Morgan fingerprint density at radius 1 is 1.40 bits per heavy atom. The molecule has 0 bridgehead atoms. The van der Waals surface area contributed by atoms with E-state index in [0.29, 0.717) is 18.2 Å². The van der Waals surface area contributed by atoms with E-state index in [0.717, 1.165) is 31.9 Å². The van der Waals surface area contributed by atoms with Crippen LogP contribution in [0, 0.1) is 0 Å². The molecule has 0 spiro atoms. The second-order valence-corrected chi connectivity index (χ2v) is 4.76. The van der Waals surface area contributed by atoms with Gasteiger partial charge in [0.25, 0.3) is 0 Å². The second-order valence-electron chi connectivity index (χ2n) is 4.76. The Hall–Kier alpha value is -0.770. The molecular weight excluding hydrogens is 190 g/mol. The molecule has 2 aliphatic rings. The van der Waals surface area contributed by atoms with Crippen molar-refractivity contribution in [2.75, 3.05) is 13.1 Å². The average molecular weight is 211 g/mol. The van der Waals surface area contributed by atoms with Crippen LogP contribution in [0.5, 0.6) is 0 Å². The summed E-state index contributed by atoms with van der Waals surface area (Å²) in [6.07, 6.45) is 4.05. The second kappa shape index (κ2) is 4.39. The average Bonchev–Trinajstić information content (AvgIpc) is 1.95. The minimum absolute atomic E-state index is 0.327. The monoisotopic (exact) mass is 211 g/mol. The number of nitrogens with zero attached hydrogens (tertiary/aromatic N) is 2. The number of ether oxygens (including phenoxy) is 1. The van der Waals surface area contributed by atoms with E-state index >= 15 is 0 Å². The number of aliphatic imine (C=N–C) groups is 1. The van der Waals surface area contributed by atoms with Crippen LogP contribution in [-0.4, -0.2) is 42.2 Å². The summed E-state index contributed by atoms with van der Waals surface area (Å²) >= 11 is 0. The fourth-order valence-electron chi connectivity index (χ4n) is 1.95. The molecule has 2 N–H and O–H groups in total. The summed E-state index contributed by atoms with van der Waals surface area (Å²) in [7, 11) is 0. The standard InChI is InChI=1S/C11H21N3O/c1-8(2)15-10-6-9(7-10)13-11(12)14-4-3-5-14/h8-10H,3-7H2,1-2H3,(H2,12,13). The molecule has 2 rings (SSSR count). The van der Waals surface area contributed by atoms with E-state index in [2.05, 4.69) is 23.7 Å². The maximum absolute atomic E-state index is 5.87. The lowest BCUT2D eigenvalue weighted by molar-refractivity contribution is -0.0430. The Kier molecular flexibility index (Phi) is 3.14. The van der Waals surface area contributed by atoms with E-state index in [1.807, 2.05) is 0 Å². The third-order valence-electron chi connectivity index (χ3n) is 3.03. The van der Waals surface area contributed by atoms with E-state index in [-0.39, 0.29) is 0 Å². The van der Waals surface area contributed by atoms with Crippen molar-refractivity contribution < 1.29 is 4.74 Å². The van der Waals surface area contributed by atoms with Crippen molar-refractivity contribution in [3.8, 4) is 0 Å². The van der Waals surface area contributed by atoms with Gasteiger partial charge in [-0.05, 0) is 33.1 Å². The van der Waals surface area contributed by atoms with Crippen molar-refractivity contribution in [2.24, 2.45) is 10.7 Å². The van der Waals surface area contributed by atoms with Crippen molar-refractivity contribution in [2.45, 2.75) is 51.4 Å². The van der Waals surface area contributed by atoms with Crippen LogP contribution < -0.4 is 5.73 Å². The number of nitrogens with two attached hydrogens (primary N) is 1. The van der Waals surface area contributed by atoms with Gasteiger partial charge in [0.1, 0.15) is 0 Å². The maximum atomic E-state index is 5.87. The number of hydrogen-bond acceptors (Lipinski definition) is 2. The first kappa shape index (κ1) is 10.7. The summed E-state index contributed by atoms with van der Waals surface area (Å²) in [4.78, 5) is 6.64. The Morgan fingerprint density at radius 3 is 2.53 bits per heavy atom. The van der Waals surface area contributed by atoms with Gasteiger partial charge in [-0.25, -0.2) is 4.99 Å². The molecule has 1 aliphatic carbocycles. The molecule has 1 saturated heterocycles. The number of likely N-dealkylation sites (tertiary alicyclic amines) is 1. The third kappa shape index (κ3) is 2.62. The Morgan fingerprint density at radius 2 is 2.07 bits per heavy atom. The molecule has 0 amide bonds. The molecular formula is C11H21N3O. The number of hydrogen-bond donors (Lipinski definition) is 1. The quantitative estimate of drug-likeness (QED) is 0.559. The van der Waals surface area contributed by atoms with E-state index in [1.54, 1.807) is 0 Å². The minimum Gasteiger partial charge on any atom is -0.375 e. The Bertz CT molecular complexity index is 242. The molecule has 0 aromatic heterocycles. The summed E-state index contributed by atoms with van der Waals surface area (Å²) < 4.78 is 5.68. The fourth-order valence-corrected chi connectivity index (χ4v) is 1.95. The van der Waals surface area contributed by atoms with Crippen LogP contribution in [0.3, 0.4) is 0 Å². The van der Waals surface area contributed by atoms with Crippen LogP contribution in [0.1, 0.15) is 33.1 Å². The highest BCUT2D eigenvalue weighted by molar-refractivity contribution is 5.79. The van der Waals surface area contributed by atoms with Gasteiger partial charge in [0.2, 0.25) is 0 Å². The normalized spacial score (nSPS) is 31.4. The van der Waals surface area contributed by atoms with Gasteiger partial charge >= 0.3 is 0 Å². The van der Waals surface area contributed by atoms with Crippen LogP contribution in [0.4, 0.5) is 0 Å². The summed E-state index contributed by atoms with van der Waals surface area (Å²) in [6.45, 7) is 6.30. The first-order valence-electron chi connectivity index (χ1n) is 5.89. The summed E-state index contributed by atoms with van der Waals surface area (Å²) in [5, 5.41) is 0. The van der Waals surface area contributed by atoms with Crippen LogP contribution in [0.25, 0.3) is 0 Å². The van der Waals surface area contributed by atoms with Crippen molar-refractivity contribution in [3.63, 3.8) is 0 Å². The molecule has 0 aromatic rings. The summed E-state index contributed by atoms with van der Waals surface area (Å²) in [5.74, 6) is 0.731. The minimum atomic E-state index is 0.327. The largest absolute Gasteiger partial charge is 0.375 e. The SMILES string of the molecule is CC(C)OC1CC(N=C(N)N2CCC2)C1. The molecule has 15 heavy (non-hydrogen) atoms. The molecule has 4 heteroatoms. The van der Waals surface area contributed by atoms with Crippen LogP contribution in [0.15, 0.2) is 4.99 Å². The molecule has 2 fully saturated rings. The molecule has 0 atom stereocenters. The van der Waals surface area contributed by atoms with Gasteiger partial charge < -0.3 is 15.4 Å². The molecule has 1 aliphatic heterocycles. The number of rotatable bonds is 3. The van der Waals surface area contributed by atoms with Gasteiger partial charge in [0.05, 0.1) is 18.2 Å². The zero-order valence-corrected chi connectivity index (χ0v) is 9.65. The van der Waals surface area contributed by atoms with Crippen molar-refractivity contribution >= 4 is 5.96 Å². The van der Waals surface area contributed by atoms with E-state index in [4.69, 9.17) is 10.5 Å². The molecule has 0 aromatic carbocycles. The first-order valence-corrected chi connectivity index (χ1v) is 5.89. The van der Waals surface area contributed by atoms with Gasteiger partial charge in [-0.3, -0.25) is 0 Å². The van der Waals surface area contributed by atoms with Crippen molar-refractivity contribution in [3.05, 3.63) is 0 Å². The smallest absolute Gasteiger partial charge is 0.191 e. The zero-order chi connectivity index (χ0) is 10.8. The van der Waals surface area contributed by atoms with Crippen LogP contribution >= 0.6 is 0 Å². The van der Waals surface area contributed by atoms with E-state index < -0.39 is 0 Å². The predicted octanol–water partition coefficient (Wildman–Crippen LogP) is 0.963. The van der Waals surface area contributed by atoms with Gasteiger partial charge in [-0.2, -0.15) is 0 Å². The summed E-state index contributed by atoms with van der Waals surface area (Å²) in [5.41, 5.74) is 5.87. The van der Waals surface area contributed by atoms with Gasteiger partial charge in [-0.1, -0.05) is 0 Å². The third-order valence-corrected chi connectivity index (χ3v) is 3.03. The number of guanidine groups is 1. The van der Waals surface area contributed by atoms with Crippen molar-refractivity contribution in [1.82, 2.24) is 4.90 Å². The predicted molar refractivity (Wildman–Crippen MR) is 60.8 cm³/mol. The molecule has 1 heterocycles. The molecule has 86 valence electrons. The van der Waals surface area contributed by atoms with Crippen LogP contribution in [-0.2, 0) is 4.74 Å².